The molecule has 0 aromatic heterocycles. The summed E-state index contributed by atoms with van der Waals surface area (Å²) in [6, 6.07) is 6.62. The molecule has 1 aliphatic heterocycles. The van der Waals surface area contributed by atoms with E-state index in [9.17, 15) is 0 Å². The molecule has 0 saturated carbocycles. The van der Waals surface area contributed by atoms with E-state index in [1.165, 1.54) is 0 Å². The van der Waals surface area contributed by atoms with Crippen LogP contribution in [0.15, 0.2) is 22.7 Å². The molecule has 106 valence electrons. The van der Waals surface area contributed by atoms with Crippen LogP contribution in [0.1, 0.15) is 33.6 Å². The van der Waals surface area contributed by atoms with Crippen molar-refractivity contribution < 1.29 is 0 Å². The quantitative estimate of drug-likeness (QED) is 0.870. The van der Waals surface area contributed by atoms with Crippen LogP contribution in [0.4, 0.5) is 5.69 Å². The Balaban J connectivity index is 2.31. The molecule has 0 spiro atoms. The summed E-state index contributed by atoms with van der Waals surface area (Å²) < 4.78 is 1.03. The summed E-state index contributed by atoms with van der Waals surface area (Å²) >= 11 is 9.89. The highest BCUT2D eigenvalue weighted by molar-refractivity contribution is 9.10. The Morgan fingerprint density at radius 2 is 2.11 bits per heavy atom. The molecule has 1 fully saturated rings. The van der Waals surface area contributed by atoms with Crippen molar-refractivity contribution in [2.75, 3.05) is 18.0 Å². The molecule has 0 radical (unpaired) electrons. The zero-order valence-corrected chi connectivity index (χ0v) is 14.2. The number of nitrogens with one attached hydrogen (secondary N) is 1. The first-order valence-electron chi connectivity index (χ1n) is 6.98. The third-order valence-electron chi connectivity index (χ3n) is 4.35. The Morgan fingerprint density at radius 1 is 1.42 bits per heavy atom. The lowest BCUT2D eigenvalue weighted by atomic mass is 9.88. The second kappa shape index (κ2) is 6.02. The van der Waals surface area contributed by atoms with E-state index in [0.717, 1.165) is 41.1 Å². The molecule has 0 amide bonds. The molecule has 19 heavy (non-hydrogen) atoms. The molecule has 1 aliphatic rings. The van der Waals surface area contributed by atoms with E-state index in [-0.39, 0.29) is 5.54 Å². The molecular weight excluding hydrogens is 324 g/mol. The highest BCUT2D eigenvalue weighted by Crippen LogP contribution is 2.34. The SMILES string of the molecule is CCC1(CC)CN(c2ccc(Br)cc2Cl)C(C)CN1. The fourth-order valence-electron chi connectivity index (χ4n) is 2.77. The molecule has 2 rings (SSSR count). The van der Waals surface area contributed by atoms with Gasteiger partial charge in [0.25, 0.3) is 0 Å². The molecule has 1 aromatic rings. The Kier molecular flexibility index (Phi) is 4.80. The molecular formula is C15H22BrClN2. The lowest BCUT2D eigenvalue weighted by molar-refractivity contribution is 0.254. The Hall–Kier alpha value is -0.250. The van der Waals surface area contributed by atoms with E-state index in [2.05, 4.69) is 59.1 Å². The maximum atomic E-state index is 6.42. The highest BCUT2D eigenvalue weighted by atomic mass is 79.9. The second-order valence-electron chi connectivity index (χ2n) is 5.44. The van der Waals surface area contributed by atoms with Gasteiger partial charge in [0.15, 0.2) is 0 Å². The van der Waals surface area contributed by atoms with Gasteiger partial charge in [0, 0.05) is 29.1 Å². The predicted octanol–water partition coefficient (Wildman–Crippen LogP) is 4.46. The van der Waals surface area contributed by atoms with Crippen molar-refractivity contribution in [3.63, 3.8) is 0 Å². The van der Waals surface area contributed by atoms with Gasteiger partial charge in [-0.25, -0.2) is 0 Å². The van der Waals surface area contributed by atoms with E-state index in [0.29, 0.717) is 6.04 Å². The van der Waals surface area contributed by atoms with Crippen LogP contribution in [0.25, 0.3) is 0 Å². The molecule has 1 heterocycles. The molecule has 1 atom stereocenters. The summed E-state index contributed by atoms with van der Waals surface area (Å²) in [7, 11) is 0. The van der Waals surface area contributed by atoms with Crippen molar-refractivity contribution in [3.05, 3.63) is 27.7 Å². The molecule has 1 saturated heterocycles. The summed E-state index contributed by atoms with van der Waals surface area (Å²) in [5.41, 5.74) is 1.35. The summed E-state index contributed by atoms with van der Waals surface area (Å²) in [5.74, 6) is 0. The van der Waals surface area contributed by atoms with Gasteiger partial charge in [-0.05, 0) is 38.0 Å². The lowest BCUT2D eigenvalue weighted by Gasteiger charge is -2.48. The van der Waals surface area contributed by atoms with Gasteiger partial charge in [-0.15, -0.1) is 0 Å². The van der Waals surface area contributed by atoms with Gasteiger partial charge in [0.05, 0.1) is 10.7 Å². The molecule has 1 aromatic carbocycles. The van der Waals surface area contributed by atoms with E-state index >= 15 is 0 Å². The number of hydrogen-bond donors (Lipinski definition) is 1. The summed E-state index contributed by atoms with van der Waals surface area (Å²) in [6.07, 6.45) is 2.28. The first-order valence-corrected chi connectivity index (χ1v) is 8.15. The normalized spacial score (nSPS) is 22.6. The average Bonchev–Trinajstić information content (AvgIpc) is 2.41. The number of nitrogens with zero attached hydrogens (tertiary/aromatic N) is 1. The summed E-state index contributed by atoms with van der Waals surface area (Å²) in [6.45, 7) is 8.79. The van der Waals surface area contributed by atoms with Crippen LogP contribution < -0.4 is 10.2 Å². The summed E-state index contributed by atoms with van der Waals surface area (Å²) in [5, 5.41) is 4.54. The van der Waals surface area contributed by atoms with E-state index < -0.39 is 0 Å². The van der Waals surface area contributed by atoms with Crippen LogP contribution in [0.5, 0.6) is 0 Å². The molecule has 1 unspecified atom stereocenters. The van der Waals surface area contributed by atoms with Crippen LogP contribution >= 0.6 is 27.5 Å². The largest absolute Gasteiger partial charge is 0.364 e. The molecule has 0 aliphatic carbocycles. The monoisotopic (exact) mass is 344 g/mol. The van der Waals surface area contributed by atoms with Gasteiger partial charge in [-0.2, -0.15) is 0 Å². The van der Waals surface area contributed by atoms with Gasteiger partial charge in [-0.1, -0.05) is 41.4 Å². The second-order valence-corrected chi connectivity index (χ2v) is 6.76. The Labute approximate surface area is 129 Å². The number of rotatable bonds is 3. The third-order valence-corrected chi connectivity index (χ3v) is 5.15. The smallest absolute Gasteiger partial charge is 0.0650 e. The lowest BCUT2D eigenvalue weighted by Crippen LogP contribution is -2.63. The average molecular weight is 346 g/mol. The van der Waals surface area contributed by atoms with Gasteiger partial charge in [-0.3, -0.25) is 0 Å². The third kappa shape index (κ3) is 3.09. The fourth-order valence-corrected chi connectivity index (χ4v) is 3.55. The standard InChI is InChI=1S/C15H22BrClN2/c1-4-15(5-2)10-19(11(3)9-18-15)14-7-6-12(16)8-13(14)17/h6-8,11,18H,4-5,9-10H2,1-3H3. The fraction of sp³-hybridized carbons (Fsp3) is 0.600. The number of benzene rings is 1. The number of halogens is 2. The van der Waals surface area contributed by atoms with Gasteiger partial charge >= 0.3 is 0 Å². The van der Waals surface area contributed by atoms with Crippen LogP contribution in [0, 0.1) is 0 Å². The minimum absolute atomic E-state index is 0.211. The summed E-state index contributed by atoms with van der Waals surface area (Å²) in [4.78, 5) is 2.44. The van der Waals surface area contributed by atoms with Gasteiger partial charge < -0.3 is 10.2 Å². The first kappa shape index (κ1) is 15.1. The molecule has 1 N–H and O–H groups in total. The van der Waals surface area contributed by atoms with Crippen LogP contribution in [-0.2, 0) is 0 Å². The number of piperazine rings is 1. The minimum atomic E-state index is 0.211. The minimum Gasteiger partial charge on any atom is -0.364 e. The first-order chi connectivity index (χ1) is 9.01. The van der Waals surface area contributed by atoms with Crippen molar-refractivity contribution in [2.24, 2.45) is 0 Å². The number of hydrogen-bond acceptors (Lipinski definition) is 2. The van der Waals surface area contributed by atoms with Crippen molar-refractivity contribution in [3.8, 4) is 0 Å². The maximum absolute atomic E-state index is 6.42. The molecule has 0 bridgehead atoms. The van der Waals surface area contributed by atoms with Crippen molar-refractivity contribution in [1.29, 1.82) is 0 Å². The number of anilines is 1. The van der Waals surface area contributed by atoms with E-state index in [4.69, 9.17) is 11.6 Å². The topological polar surface area (TPSA) is 15.3 Å². The van der Waals surface area contributed by atoms with Crippen LogP contribution in [0.2, 0.25) is 5.02 Å². The van der Waals surface area contributed by atoms with Gasteiger partial charge in [0.2, 0.25) is 0 Å². The van der Waals surface area contributed by atoms with Crippen molar-refractivity contribution in [2.45, 2.75) is 45.2 Å². The maximum Gasteiger partial charge on any atom is 0.0650 e. The van der Waals surface area contributed by atoms with Crippen molar-refractivity contribution >= 4 is 33.2 Å². The predicted molar refractivity (Wildman–Crippen MR) is 87.3 cm³/mol. The van der Waals surface area contributed by atoms with Crippen molar-refractivity contribution in [1.82, 2.24) is 5.32 Å². The van der Waals surface area contributed by atoms with Gasteiger partial charge in [0.1, 0.15) is 0 Å². The van der Waals surface area contributed by atoms with E-state index in [1.807, 2.05) is 6.07 Å². The Bertz CT molecular complexity index is 446. The zero-order chi connectivity index (χ0) is 14.0. The van der Waals surface area contributed by atoms with Crippen LogP contribution in [-0.4, -0.2) is 24.7 Å². The zero-order valence-electron chi connectivity index (χ0n) is 11.8. The van der Waals surface area contributed by atoms with E-state index in [1.54, 1.807) is 0 Å². The molecule has 4 heteroatoms. The Morgan fingerprint density at radius 3 is 2.68 bits per heavy atom. The van der Waals surface area contributed by atoms with Crippen LogP contribution in [0.3, 0.4) is 0 Å². The highest BCUT2D eigenvalue weighted by Gasteiger charge is 2.35. The molecule has 2 nitrogen and oxygen atoms in total.